The lowest BCUT2D eigenvalue weighted by molar-refractivity contribution is 0.146. The summed E-state index contributed by atoms with van der Waals surface area (Å²) in [5.41, 5.74) is 2.54. The van der Waals surface area contributed by atoms with Crippen LogP contribution in [0.2, 0.25) is 5.02 Å². The lowest BCUT2D eigenvalue weighted by Crippen LogP contribution is -2.10. The van der Waals surface area contributed by atoms with Crippen molar-refractivity contribution in [3.05, 3.63) is 93.5 Å². The lowest BCUT2D eigenvalue weighted by atomic mass is 10.1. The van der Waals surface area contributed by atoms with Crippen LogP contribution in [0.3, 0.4) is 0 Å². The molecule has 2 heterocycles. The van der Waals surface area contributed by atoms with Gasteiger partial charge in [0.25, 0.3) is 0 Å². The van der Waals surface area contributed by atoms with Gasteiger partial charge in [0.05, 0.1) is 33.6 Å². The van der Waals surface area contributed by atoms with E-state index in [0.717, 1.165) is 5.01 Å². The number of sulfone groups is 1. The molecule has 0 spiro atoms. The number of halogens is 3. The van der Waals surface area contributed by atoms with E-state index in [-0.39, 0.29) is 24.8 Å². The number of aromatic nitrogens is 3. The quantitative estimate of drug-likeness (QED) is 0.137. The van der Waals surface area contributed by atoms with Crippen LogP contribution in [0, 0.1) is 11.6 Å². The smallest absolute Gasteiger partial charge is 0.149 e. The highest BCUT2D eigenvalue weighted by Crippen LogP contribution is 2.34. The Morgan fingerprint density at radius 1 is 1.05 bits per heavy atom. The molecule has 0 fully saturated rings. The number of anilines is 2. The van der Waals surface area contributed by atoms with Crippen molar-refractivity contribution in [2.75, 3.05) is 30.5 Å². The van der Waals surface area contributed by atoms with E-state index >= 15 is 4.39 Å². The molecule has 0 aliphatic rings. The van der Waals surface area contributed by atoms with Crippen LogP contribution in [0.4, 0.5) is 20.3 Å². The summed E-state index contributed by atoms with van der Waals surface area (Å²) in [5, 5.41) is 6.78. The highest BCUT2D eigenvalue weighted by molar-refractivity contribution is 7.90. The molecule has 13 heteroatoms. The van der Waals surface area contributed by atoms with Crippen LogP contribution in [0.25, 0.3) is 22.2 Å². The molecular weight excluding hydrogens is 618 g/mol. The Hall–Kier alpha value is -3.71. The normalized spacial score (nSPS) is 11.6. The summed E-state index contributed by atoms with van der Waals surface area (Å²) in [4.78, 5) is 13.2. The van der Waals surface area contributed by atoms with Crippen molar-refractivity contribution < 1.29 is 26.7 Å². The van der Waals surface area contributed by atoms with E-state index in [1.807, 2.05) is 0 Å². The Morgan fingerprint density at radius 2 is 1.91 bits per heavy atom. The van der Waals surface area contributed by atoms with Gasteiger partial charge in [-0.15, -0.1) is 11.3 Å². The zero-order valence-electron chi connectivity index (χ0n) is 23.0. The van der Waals surface area contributed by atoms with E-state index in [4.69, 9.17) is 21.1 Å². The fourth-order valence-corrected chi connectivity index (χ4v) is 5.68. The molecule has 43 heavy (non-hydrogen) atoms. The molecule has 0 unspecified atom stereocenters. The highest BCUT2D eigenvalue weighted by atomic mass is 35.5. The average Bonchev–Trinajstić information content (AvgIpc) is 3.42. The average molecular weight is 645 g/mol. The molecule has 0 saturated heterocycles. The van der Waals surface area contributed by atoms with Gasteiger partial charge in [0.2, 0.25) is 0 Å². The number of thiazole rings is 1. The minimum Gasteiger partial charge on any atom is -0.487 e. The number of ether oxygens (including phenoxy) is 2. The zero-order valence-corrected chi connectivity index (χ0v) is 25.4. The summed E-state index contributed by atoms with van der Waals surface area (Å²) < 4.78 is 62.1. The summed E-state index contributed by atoms with van der Waals surface area (Å²) in [6.07, 6.45) is 3.81. The first-order valence-electron chi connectivity index (χ1n) is 13.2. The van der Waals surface area contributed by atoms with E-state index in [0.29, 0.717) is 69.4 Å². The molecule has 0 aliphatic heterocycles. The van der Waals surface area contributed by atoms with Crippen LogP contribution in [0.5, 0.6) is 5.75 Å². The van der Waals surface area contributed by atoms with Gasteiger partial charge in [0, 0.05) is 47.4 Å². The molecule has 8 nitrogen and oxygen atoms in total. The first-order valence-corrected chi connectivity index (χ1v) is 16.5. The van der Waals surface area contributed by atoms with Gasteiger partial charge in [-0.25, -0.2) is 32.2 Å². The fraction of sp³-hybridized carbons (Fsp3) is 0.233. The zero-order chi connectivity index (χ0) is 30.4. The number of benzene rings is 3. The summed E-state index contributed by atoms with van der Waals surface area (Å²) in [6, 6.07) is 14.3. The van der Waals surface area contributed by atoms with Crippen LogP contribution in [-0.2, 0) is 27.6 Å². The third kappa shape index (κ3) is 8.44. The van der Waals surface area contributed by atoms with Crippen LogP contribution in [-0.4, -0.2) is 48.6 Å². The molecule has 5 aromatic rings. The molecule has 0 bridgehead atoms. The van der Waals surface area contributed by atoms with Gasteiger partial charge in [-0.05, 0) is 48.4 Å². The molecule has 5 rings (SSSR count). The third-order valence-corrected chi connectivity index (χ3v) is 8.42. The summed E-state index contributed by atoms with van der Waals surface area (Å²) >= 11 is 7.88. The molecule has 0 radical (unpaired) electrons. The second-order valence-corrected chi connectivity index (χ2v) is 13.3. The Kier molecular flexibility index (Phi) is 9.81. The number of fused-ring (bicyclic) bond motifs is 1. The van der Waals surface area contributed by atoms with E-state index < -0.39 is 15.7 Å². The molecule has 0 saturated carbocycles. The van der Waals surface area contributed by atoms with E-state index in [1.54, 1.807) is 41.8 Å². The number of hydrogen-bond acceptors (Lipinski definition) is 9. The van der Waals surface area contributed by atoms with Crippen molar-refractivity contribution in [3.8, 4) is 17.0 Å². The Morgan fingerprint density at radius 3 is 2.70 bits per heavy atom. The van der Waals surface area contributed by atoms with Crippen LogP contribution in [0.15, 0.2) is 66.3 Å². The van der Waals surface area contributed by atoms with Crippen molar-refractivity contribution >= 4 is 55.2 Å². The molecular formula is C30H27ClF2N4O4S2. The van der Waals surface area contributed by atoms with E-state index in [1.165, 1.54) is 42.1 Å². The number of hydrogen-bond donors (Lipinski definition) is 1. The fourth-order valence-electron chi connectivity index (χ4n) is 4.18. The van der Waals surface area contributed by atoms with Gasteiger partial charge in [-0.2, -0.15) is 0 Å². The first kappa shape index (κ1) is 30.7. The Bertz CT molecular complexity index is 1850. The summed E-state index contributed by atoms with van der Waals surface area (Å²) in [6.45, 7) is 0.724. The van der Waals surface area contributed by atoms with Gasteiger partial charge in [0.15, 0.2) is 0 Å². The number of nitrogens with zero attached hydrogens (tertiary/aromatic N) is 3. The first-order chi connectivity index (χ1) is 20.6. The summed E-state index contributed by atoms with van der Waals surface area (Å²) in [5.74, 6) is 0.0839. The maximum atomic E-state index is 15.1. The van der Waals surface area contributed by atoms with Crippen LogP contribution >= 0.6 is 22.9 Å². The van der Waals surface area contributed by atoms with Crippen molar-refractivity contribution in [1.29, 1.82) is 0 Å². The minimum absolute atomic E-state index is 0.0129. The Balaban J connectivity index is 1.27. The molecule has 3 aromatic carbocycles. The SMILES string of the molecule is CS(=O)(=O)CCOCCCc1nc(-c2cc3c(Nc4ccc(OCc5cccc(F)c5)c(Cl)c4)ncnc3cc2F)cs1. The number of nitrogens with one attached hydrogen (secondary N) is 1. The third-order valence-electron chi connectivity index (χ3n) is 6.31. The minimum atomic E-state index is -3.05. The van der Waals surface area contributed by atoms with Crippen molar-refractivity contribution in [3.63, 3.8) is 0 Å². The van der Waals surface area contributed by atoms with Crippen LogP contribution < -0.4 is 10.1 Å². The van der Waals surface area contributed by atoms with Gasteiger partial charge >= 0.3 is 0 Å². The summed E-state index contributed by atoms with van der Waals surface area (Å²) in [7, 11) is -3.05. The van der Waals surface area contributed by atoms with Gasteiger partial charge in [-0.3, -0.25) is 0 Å². The standard InChI is InChI=1S/C30H27ClF2N4O4S2/c1-43(38,39)11-10-40-9-3-6-29-37-27(17-42-29)22-14-23-26(15-25(22)33)34-18-35-30(23)36-21-7-8-28(24(31)13-21)41-16-19-4-2-5-20(32)12-19/h2,4-5,7-8,12-15,17-18H,3,6,9-11,16H2,1H3,(H,34,35,36). The maximum absolute atomic E-state index is 15.1. The monoisotopic (exact) mass is 644 g/mol. The van der Waals surface area contributed by atoms with Gasteiger partial charge < -0.3 is 14.8 Å². The van der Waals surface area contributed by atoms with Crippen molar-refractivity contribution in [2.24, 2.45) is 0 Å². The van der Waals surface area contributed by atoms with Crippen molar-refractivity contribution in [1.82, 2.24) is 15.0 Å². The predicted octanol–water partition coefficient (Wildman–Crippen LogP) is 7.00. The van der Waals surface area contributed by atoms with Gasteiger partial charge in [0.1, 0.15) is 46.0 Å². The van der Waals surface area contributed by atoms with E-state index in [9.17, 15) is 12.8 Å². The van der Waals surface area contributed by atoms with Gasteiger partial charge in [-0.1, -0.05) is 23.7 Å². The molecule has 0 atom stereocenters. The number of rotatable bonds is 13. The molecule has 2 aromatic heterocycles. The molecule has 224 valence electrons. The molecule has 0 amide bonds. The van der Waals surface area contributed by atoms with E-state index in [2.05, 4.69) is 20.3 Å². The predicted molar refractivity (Wildman–Crippen MR) is 165 cm³/mol. The second-order valence-electron chi connectivity index (χ2n) is 9.73. The molecule has 0 aliphatic carbocycles. The van der Waals surface area contributed by atoms with Crippen LogP contribution in [0.1, 0.15) is 17.0 Å². The second kappa shape index (κ2) is 13.7. The lowest BCUT2D eigenvalue weighted by Gasteiger charge is -2.12. The maximum Gasteiger partial charge on any atom is 0.149 e. The Labute approximate surface area is 256 Å². The number of aryl methyl sites for hydroxylation is 1. The topological polar surface area (TPSA) is 103 Å². The largest absolute Gasteiger partial charge is 0.487 e. The molecule has 1 N–H and O–H groups in total. The highest BCUT2D eigenvalue weighted by Gasteiger charge is 2.15. The van der Waals surface area contributed by atoms with Crippen molar-refractivity contribution in [2.45, 2.75) is 19.4 Å².